The van der Waals surface area contributed by atoms with Gasteiger partial charge in [0.1, 0.15) is 0 Å². The number of morpholine rings is 1. The Kier molecular flexibility index (Phi) is 4.39. The first kappa shape index (κ1) is 13.8. The van der Waals surface area contributed by atoms with Crippen LogP contribution in [0.3, 0.4) is 0 Å². The van der Waals surface area contributed by atoms with E-state index in [0.717, 1.165) is 45.9 Å². The molecule has 5 heteroatoms. The third-order valence-electron chi connectivity index (χ3n) is 4.74. The van der Waals surface area contributed by atoms with Gasteiger partial charge in [0.15, 0.2) is 5.85 Å². The second kappa shape index (κ2) is 6.06. The van der Waals surface area contributed by atoms with Crippen molar-refractivity contribution in [3.05, 3.63) is 0 Å². The fraction of sp³-hybridized carbons (Fsp3) is 1.00. The average molecular weight is 268 g/mol. The van der Waals surface area contributed by atoms with Crippen LogP contribution in [-0.4, -0.2) is 86.6 Å². The highest BCUT2D eigenvalue weighted by Gasteiger charge is 2.46. The third-order valence-corrected chi connectivity index (χ3v) is 4.74. The van der Waals surface area contributed by atoms with Gasteiger partial charge >= 0.3 is 0 Å². The van der Waals surface area contributed by atoms with Crippen molar-refractivity contribution in [3.63, 3.8) is 0 Å². The molecule has 0 radical (unpaired) electrons. The summed E-state index contributed by atoms with van der Waals surface area (Å²) in [5, 5.41) is 3.46. The Hall–Kier alpha value is -0.200. The summed E-state index contributed by atoms with van der Waals surface area (Å²) in [7, 11) is 2.23. The highest BCUT2D eigenvalue weighted by molar-refractivity contribution is 4.91. The first-order valence-electron chi connectivity index (χ1n) is 7.85. The number of nitrogens with zero attached hydrogens (tertiary/aromatic N) is 3. The van der Waals surface area contributed by atoms with E-state index in [-0.39, 0.29) is 5.85 Å². The van der Waals surface area contributed by atoms with E-state index in [1.165, 1.54) is 32.4 Å². The molecule has 1 atom stereocenters. The lowest BCUT2D eigenvalue weighted by molar-refractivity contribution is -0.280. The summed E-state index contributed by atoms with van der Waals surface area (Å²) >= 11 is 0. The number of piperidine rings is 1. The quantitative estimate of drug-likeness (QED) is 0.761. The van der Waals surface area contributed by atoms with E-state index in [2.05, 4.69) is 27.1 Å². The highest BCUT2D eigenvalue weighted by Crippen LogP contribution is 2.29. The zero-order chi connectivity index (χ0) is 13.1. The molecule has 0 spiro atoms. The van der Waals surface area contributed by atoms with Crippen LogP contribution in [0.5, 0.6) is 0 Å². The van der Waals surface area contributed by atoms with E-state index in [1.807, 2.05) is 0 Å². The number of nitrogens with one attached hydrogen (secondary N) is 1. The normalized spacial score (nSPS) is 36.5. The van der Waals surface area contributed by atoms with E-state index >= 15 is 0 Å². The Morgan fingerprint density at radius 2 is 1.58 bits per heavy atom. The van der Waals surface area contributed by atoms with E-state index in [4.69, 9.17) is 4.74 Å². The van der Waals surface area contributed by atoms with Gasteiger partial charge in [0, 0.05) is 45.8 Å². The largest absolute Gasteiger partial charge is 0.344 e. The summed E-state index contributed by atoms with van der Waals surface area (Å²) < 4.78 is 6.40. The van der Waals surface area contributed by atoms with Gasteiger partial charge in [-0.3, -0.25) is 14.7 Å². The predicted molar refractivity (Wildman–Crippen MR) is 76.0 cm³/mol. The molecule has 19 heavy (non-hydrogen) atoms. The Bertz CT molecular complexity index is 269. The van der Waals surface area contributed by atoms with Gasteiger partial charge in [-0.1, -0.05) is 6.42 Å². The van der Waals surface area contributed by atoms with Crippen molar-refractivity contribution in [2.24, 2.45) is 0 Å². The maximum Gasteiger partial charge on any atom is 0.192 e. The third kappa shape index (κ3) is 2.81. The van der Waals surface area contributed by atoms with Crippen molar-refractivity contribution in [2.45, 2.75) is 25.1 Å². The van der Waals surface area contributed by atoms with Gasteiger partial charge in [-0.05, 0) is 19.9 Å². The first-order chi connectivity index (χ1) is 9.31. The van der Waals surface area contributed by atoms with Crippen LogP contribution in [0.4, 0.5) is 0 Å². The van der Waals surface area contributed by atoms with E-state index < -0.39 is 0 Å². The Morgan fingerprint density at radius 1 is 0.895 bits per heavy atom. The number of ether oxygens (including phenoxy) is 1. The molecule has 1 N–H and O–H groups in total. The fourth-order valence-corrected chi connectivity index (χ4v) is 3.68. The lowest BCUT2D eigenvalue weighted by Crippen LogP contribution is -2.72. The number of hydrogen-bond acceptors (Lipinski definition) is 5. The standard InChI is InChI=1S/C14H28N4O/c1-16-11-12-19-14(13-16,17-7-3-2-4-8-17)18-9-5-15-6-10-18/h15H,2-13H2,1H3. The monoisotopic (exact) mass is 268 g/mol. The maximum atomic E-state index is 6.40. The van der Waals surface area contributed by atoms with Crippen molar-refractivity contribution in [2.75, 3.05) is 66.0 Å². The molecular weight excluding hydrogens is 240 g/mol. The van der Waals surface area contributed by atoms with Crippen molar-refractivity contribution in [1.29, 1.82) is 0 Å². The second-order valence-electron chi connectivity index (χ2n) is 6.11. The van der Waals surface area contributed by atoms with E-state index in [1.54, 1.807) is 0 Å². The second-order valence-corrected chi connectivity index (χ2v) is 6.11. The van der Waals surface area contributed by atoms with Gasteiger partial charge in [0.2, 0.25) is 0 Å². The van der Waals surface area contributed by atoms with Crippen LogP contribution in [0, 0.1) is 0 Å². The molecule has 5 nitrogen and oxygen atoms in total. The Balaban J connectivity index is 1.80. The van der Waals surface area contributed by atoms with Crippen LogP contribution in [-0.2, 0) is 4.74 Å². The zero-order valence-corrected chi connectivity index (χ0v) is 12.2. The van der Waals surface area contributed by atoms with Crippen LogP contribution < -0.4 is 5.32 Å². The molecule has 3 aliphatic rings. The summed E-state index contributed by atoms with van der Waals surface area (Å²) in [6.07, 6.45) is 4.02. The maximum absolute atomic E-state index is 6.40. The first-order valence-corrected chi connectivity index (χ1v) is 7.85. The minimum absolute atomic E-state index is 0.157. The van der Waals surface area contributed by atoms with Crippen LogP contribution >= 0.6 is 0 Å². The molecule has 0 aliphatic carbocycles. The molecule has 0 bridgehead atoms. The molecule has 0 aromatic heterocycles. The van der Waals surface area contributed by atoms with Gasteiger partial charge in [-0.15, -0.1) is 0 Å². The fourth-order valence-electron chi connectivity index (χ4n) is 3.68. The van der Waals surface area contributed by atoms with Crippen LogP contribution in [0.1, 0.15) is 19.3 Å². The van der Waals surface area contributed by atoms with Gasteiger partial charge in [0.05, 0.1) is 13.2 Å². The lowest BCUT2D eigenvalue weighted by Gasteiger charge is -2.55. The van der Waals surface area contributed by atoms with Crippen molar-refractivity contribution >= 4 is 0 Å². The molecule has 0 aromatic carbocycles. The van der Waals surface area contributed by atoms with Gasteiger partial charge in [0.25, 0.3) is 0 Å². The molecule has 110 valence electrons. The van der Waals surface area contributed by atoms with Crippen LogP contribution in [0.2, 0.25) is 0 Å². The summed E-state index contributed by atoms with van der Waals surface area (Å²) in [4.78, 5) is 7.61. The minimum Gasteiger partial charge on any atom is -0.344 e. The van der Waals surface area contributed by atoms with Gasteiger partial charge in [-0.2, -0.15) is 0 Å². The Labute approximate surface area is 116 Å². The van der Waals surface area contributed by atoms with Crippen molar-refractivity contribution in [1.82, 2.24) is 20.0 Å². The number of likely N-dealkylation sites (tertiary alicyclic amines) is 1. The molecule has 1 unspecified atom stereocenters. The smallest absolute Gasteiger partial charge is 0.192 e. The average Bonchev–Trinajstić information content (AvgIpc) is 2.49. The lowest BCUT2D eigenvalue weighted by atomic mass is 10.1. The molecule has 0 aromatic rings. The van der Waals surface area contributed by atoms with Crippen LogP contribution in [0.25, 0.3) is 0 Å². The van der Waals surface area contributed by atoms with E-state index in [9.17, 15) is 0 Å². The molecule has 3 saturated heterocycles. The van der Waals surface area contributed by atoms with Gasteiger partial charge in [-0.25, -0.2) is 0 Å². The predicted octanol–water partition coefficient (Wildman–Crippen LogP) is -0.00670. The highest BCUT2D eigenvalue weighted by atomic mass is 16.5. The molecule has 3 heterocycles. The summed E-state index contributed by atoms with van der Waals surface area (Å²) in [5.74, 6) is -0.157. The Morgan fingerprint density at radius 3 is 2.26 bits per heavy atom. The molecule has 0 saturated carbocycles. The van der Waals surface area contributed by atoms with Crippen LogP contribution in [0.15, 0.2) is 0 Å². The van der Waals surface area contributed by atoms with E-state index in [0.29, 0.717) is 0 Å². The van der Waals surface area contributed by atoms with Crippen molar-refractivity contribution in [3.8, 4) is 0 Å². The number of rotatable bonds is 2. The zero-order valence-electron chi connectivity index (χ0n) is 12.2. The summed E-state index contributed by atoms with van der Waals surface area (Å²) in [6, 6.07) is 0. The molecule has 3 aliphatic heterocycles. The van der Waals surface area contributed by atoms with Crippen molar-refractivity contribution < 1.29 is 4.74 Å². The SMILES string of the molecule is CN1CCOC(N2CCCCC2)(N2CCNCC2)C1. The minimum atomic E-state index is -0.157. The summed E-state index contributed by atoms with van der Waals surface area (Å²) in [6.45, 7) is 9.70. The molecule has 3 fully saturated rings. The number of hydrogen-bond donors (Lipinski definition) is 1. The number of piperazine rings is 1. The molecule has 0 amide bonds. The topological polar surface area (TPSA) is 31.0 Å². The summed E-state index contributed by atoms with van der Waals surface area (Å²) in [5.41, 5.74) is 0. The molecular formula is C14H28N4O. The number of likely N-dealkylation sites (N-methyl/N-ethyl adjacent to an activating group) is 1. The molecule has 3 rings (SSSR count). The van der Waals surface area contributed by atoms with Gasteiger partial charge < -0.3 is 10.1 Å².